The Bertz CT molecular complexity index is 588. The van der Waals surface area contributed by atoms with Crippen molar-refractivity contribution in [2.24, 2.45) is 0 Å². The topological polar surface area (TPSA) is 61.8 Å². The van der Waals surface area contributed by atoms with Gasteiger partial charge in [-0.25, -0.2) is 4.79 Å². The number of anilines is 1. The van der Waals surface area contributed by atoms with Crippen LogP contribution in [0.1, 0.15) is 44.7 Å². The number of hydrogen-bond donors (Lipinski definition) is 2. The Morgan fingerprint density at radius 2 is 2.13 bits per heavy atom. The standard InChI is InChI=1S/C18H26N2O3/c1-18(2,3)23-17(22)20-8-7-12-5-4-6-13(16(12)20)11-19-14-9-15(21)10-14/h4-6,14-15,19,21H,7-11H2,1-3H3. The molecule has 3 rings (SSSR count). The minimum Gasteiger partial charge on any atom is -0.443 e. The maximum Gasteiger partial charge on any atom is 0.414 e. The van der Waals surface area contributed by atoms with Crippen molar-refractivity contribution >= 4 is 11.8 Å². The molecule has 1 amide bonds. The lowest BCUT2D eigenvalue weighted by atomic mass is 9.89. The first-order valence-electron chi connectivity index (χ1n) is 8.36. The van der Waals surface area contributed by atoms with Crippen LogP contribution in [0.5, 0.6) is 0 Å². The fourth-order valence-corrected chi connectivity index (χ4v) is 3.19. The lowest BCUT2D eigenvalue weighted by Crippen LogP contribution is -2.44. The van der Waals surface area contributed by atoms with Crippen LogP contribution in [0.25, 0.3) is 0 Å². The first kappa shape index (κ1) is 16.3. The lowest BCUT2D eigenvalue weighted by molar-refractivity contribution is 0.0583. The third kappa shape index (κ3) is 3.67. The van der Waals surface area contributed by atoms with Crippen LogP contribution in [-0.4, -0.2) is 35.5 Å². The van der Waals surface area contributed by atoms with Crippen LogP contribution in [0.15, 0.2) is 18.2 Å². The van der Waals surface area contributed by atoms with Gasteiger partial charge in [0.1, 0.15) is 5.60 Å². The second-order valence-corrected chi connectivity index (χ2v) is 7.51. The largest absolute Gasteiger partial charge is 0.443 e. The van der Waals surface area contributed by atoms with Crippen molar-refractivity contribution in [3.63, 3.8) is 0 Å². The summed E-state index contributed by atoms with van der Waals surface area (Å²) in [7, 11) is 0. The second-order valence-electron chi connectivity index (χ2n) is 7.51. The van der Waals surface area contributed by atoms with Crippen LogP contribution in [0, 0.1) is 0 Å². The van der Waals surface area contributed by atoms with Gasteiger partial charge in [-0.15, -0.1) is 0 Å². The van der Waals surface area contributed by atoms with Crippen LogP contribution < -0.4 is 10.2 Å². The summed E-state index contributed by atoms with van der Waals surface area (Å²) in [6.45, 7) is 7.04. The molecule has 126 valence electrons. The molecular weight excluding hydrogens is 292 g/mol. The SMILES string of the molecule is CC(C)(C)OC(=O)N1CCc2cccc(CNC3CC(O)C3)c21. The van der Waals surface area contributed by atoms with E-state index >= 15 is 0 Å². The number of rotatable bonds is 3. The van der Waals surface area contributed by atoms with Crippen LogP contribution in [0.4, 0.5) is 10.5 Å². The van der Waals surface area contributed by atoms with E-state index < -0.39 is 5.60 Å². The normalized spacial score (nSPS) is 23.4. The zero-order valence-electron chi connectivity index (χ0n) is 14.1. The third-order valence-corrected chi connectivity index (χ3v) is 4.39. The number of aliphatic hydroxyl groups is 1. The number of fused-ring (bicyclic) bond motifs is 1. The molecular formula is C18H26N2O3. The Labute approximate surface area is 137 Å². The zero-order chi connectivity index (χ0) is 16.6. The molecule has 2 N–H and O–H groups in total. The molecule has 1 heterocycles. The summed E-state index contributed by atoms with van der Waals surface area (Å²) in [4.78, 5) is 14.2. The van der Waals surface area contributed by atoms with E-state index in [9.17, 15) is 9.90 Å². The number of aliphatic hydroxyl groups excluding tert-OH is 1. The smallest absolute Gasteiger partial charge is 0.414 e. The fourth-order valence-electron chi connectivity index (χ4n) is 3.19. The van der Waals surface area contributed by atoms with E-state index in [0.29, 0.717) is 19.1 Å². The summed E-state index contributed by atoms with van der Waals surface area (Å²) >= 11 is 0. The highest BCUT2D eigenvalue weighted by Gasteiger charge is 2.31. The number of amides is 1. The van der Waals surface area contributed by atoms with Gasteiger partial charge in [0.2, 0.25) is 0 Å². The summed E-state index contributed by atoms with van der Waals surface area (Å²) in [6.07, 6.45) is 2.05. The van der Waals surface area contributed by atoms with Gasteiger partial charge in [-0.1, -0.05) is 18.2 Å². The molecule has 2 aliphatic rings. The summed E-state index contributed by atoms with van der Waals surface area (Å²) in [5, 5.41) is 12.8. The zero-order valence-corrected chi connectivity index (χ0v) is 14.1. The summed E-state index contributed by atoms with van der Waals surface area (Å²) in [6, 6.07) is 6.56. The molecule has 0 unspecified atom stereocenters. The van der Waals surface area contributed by atoms with E-state index in [4.69, 9.17) is 4.74 Å². The maximum absolute atomic E-state index is 12.5. The number of hydrogen-bond acceptors (Lipinski definition) is 4. The van der Waals surface area contributed by atoms with Crippen molar-refractivity contribution < 1.29 is 14.6 Å². The van der Waals surface area contributed by atoms with Crippen molar-refractivity contribution in [1.82, 2.24) is 5.32 Å². The summed E-state index contributed by atoms with van der Waals surface area (Å²) < 4.78 is 5.54. The predicted octanol–water partition coefficient (Wildman–Crippen LogP) is 2.60. The Morgan fingerprint density at radius 3 is 2.78 bits per heavy atom. The Morgan fingerprint density at radius 1 is 1.39 bits per heavy atom. The van der Waals surface area contributed by atoms with Crippen molar-refractivity contribution in [2.45, 2.75) is 64.3 Å². The number of benzene rings is 1. The van der Waals surface area contributed by atoms with Gasteiger partial charge < -0.3 is 15.2 Å². The minimum atomic E-state index is -0.491. The number of nitrogens with one attached hydrogen (secondary N) is 1. The van der Waals surface area contributed by atoms with Crippen LogP contribution in [0.2, 0.25) is 0 Å². The molecule has 0 saturated heterocycles. The predicted molar refractivity (Wildman–Crippen MR) is 89.6 cm³/mol. The number of para-hydroxylation sites is 1. The average molecular weight is 318 g/mol. The molecule has 0 aromatic heterocycles. The monoisotopic (exact) mass is 318 g/mol. The summed E-state index contributed by atoms with van der Waals surface area (Å²) in [5.74, 6) is 0. The van der Waals surface area contributed by atoms with Gasteiger partial charge in [-0.05, 0) is 51.2 Å². The Hall–Kier alpha value is -1.59. The van der Waals surface area contributed by atoms with E-state index in [-0.39, 0.29) is 12.2 Å². The molecule has 5 nitrogen and oxygen atoms in total. The first-order valence-corrected chi connectivity index (χ1v) is 8.36. The van der Waals surface area contributed by atoms with Crippen molar-refractivity contribution in [3.05, 3.63) is 29.3 Å². The second kappa shape index (κ2) is 6.13. The van der Waals surface area contributed by atoms with Gasteiger partial charge in [0, 0.05) is 19.1 Å². The highest BCUT2D eigenvalue weighted by atomic mass is 16.6. The van der Waals surface area contributed by atoms with Crippen LogP contribution in [0.3, 0.4) is 0 Å². The molecule has 1 saturated carbocycles. The van der Waals surface area contributed by atoms with E-state index in [2.05, 4.69) is 17.4 Å². The Balaban J connectivity index is 1.73. The van der Waals surface area contributed by atoms with E-state index in [1.807, 2.05) is 26.8 Å². The van der Waals surface area contributed by atoms with Gasteiger partial charge in [-0.3, -0.25) is 4.90 Å². The van der Waals surface area contributed by atoms with Gasteiger partial charge in [0.15, 0.2) is 0 Å². The molecule has 1 aromatic rings. The van der Waals surface area contributed by atoms with Crippen LogP contribution >= 0.6 is 0 Å². The molecule has 1 aromatic carbocycles. The average Bonchev–Trinajstić information content (AvgIpc) is 2.85. The van der Waals surface area contributed by atoms with Gasteiger partial charge in [-0.2, -0.15) is 0 Å². The quantitative estimate of drug-likeness (QED) is 0.899. The van der Waals surface area contributed by atoms with Crippen LogP contribution in [-0.2, 0) is 17.7 Å². The molecule has 0 radical (unpaired) electrons. The minimum absolute atomic E-state index is 0.160. The lowest BCUT2D eigenvalue weighted by Gasteiger charge is -2.32. The molecule has 0 spiro atoms. The molecule has 23 heavy (non-hydrogen) atoms. The maximum atomic E-state index is 12.5. The number of ether oxygens (including phenoxy) is 1. The third-order valence-electron chi connectivity index (χ3n) is 4.39. The van der Waals surface area contributed by atoms with Gasteiger partial charge in [0.25, 0.3) is 0 Å². The molecule has 1 aliphatic carbocycles. The first-order chi connectivity index (χ1) is 10.8. The Kier molecular flexibility index (Phi) is 4.34. The number of carbonyl (C=O) groups excluding carboxylic acids is 1. The van der Waals surface area contributed by atoms with Crippen molar-refractivity contribution in [1.29, 1.82) is 0 Å². The molecule has 0 atom stereocenters. The van der Waals surface area contributed by atoms with E-state index in [1.165, 1.54) is 5.56 Å². The van der Waals surface area contributed by atoms with Gasteiger partial charge >= 0.3 is 6.09 Å². The fraction of sp³-hybridized carbons (Fsp3) is 0.611. The van der Waals surface area contributed by atoms with E-state index in [1.54, 1.807) is 4.90 Å². The highest BCUT2D eigenvalue weighted by molar-refractivity contribution is 5.91. The number of nitrogens with zero attached hydrogens (tertiary/aromatic N) is 1. The van der Waals surface area contributed by atoms with Crippen molar-refractivity contribution in [3.8, 4) is 0 Å². The van der Waals surface area contributed by atoms with Gasteiger partial charge in [0.05, 0.1) is 11.8 Å². The number of carbonyl (C=O) groups is 1. The van der Waals surface area contributed by atoms with Crippen molar-refractivity contribution in [2.75, 3.05) is 11.4 Å². The summed E-state index contributed by atoms with van der Waals surface area (Å²) in [5.41, 5.74) is 2.82. The van der Waals surface area contributed by atoms with E-state index in [0.717, 1.165) is 30.5 Å². The molecule has 1 aliphatic heterocycles. The molecule has 1 fully saturated rings. The molecule has 5 heteroatoms. The molecule has 0 bridgehead atoms. The highest BCUT2D eigenvalue weighted by Crippen LogP contribution is 2.33.